The normalized spacial score (nSPS) is 10.9. The molecule has 0 saturated heterocycles. The quantitative estimate of drug-likeness (QED) is 0.568. The zero-order chi connectivity index (χ0) is 7.33. The van der Waals surface area contributed by atoms with E-state index in [0.717, 1.165) is 0 Å². The molecule has 0 rings (SSSR count). The van der Waals surface area contributed by atoms with Crippen LogP contribution in [0.1, 0.15) is 0 Å². The smallest absolute Gasteiger partial charge is 0.197 e. The Morgan fingerprint density at radius 3 is 2.33 bits per heavy atom. The Kier molecular flexibility index (Phi) is 3.47. The summed E-state index contributed by atoms with van der Waals surface area (Å²) in [4.78, 5) is 0. The van der Waals surface area contributed by atoms with E-state index in [1.54, 1.807) is 6.07 Å². The van der Waals surface area contributed by atoms with Crippen LogP contribution in [0, 0.1) is 11.3 Å². The standard InChI is InChI=1S/C4H4F3NS/c5-4(6,7)3-9-2-1-8/h2-3H2. The van der Waals surface area contributed by atoms with Gasteiger partial charge in [-0.3, -0.25) is 0 Å². The number of nitrogens with zero attached hydrogens (tertiary/aromatic N) is 1. The number of halogens is 3. The van der Waals surface area contributed by atoms with Gasteiger partial charge in [-0.15, -0.1) is 11.8 Å². The van der Waals surface area contributed by atoms with Crippen LogP contribution in [-0.4, -0.2) is 17.7 Å². The van der Waals surface area contributed by atoms with Gasteiger partial charge in [-0.25, -0.2) is 0 Å². The number of thioether (sulfide) groups is 1. The van der Waals surface area contributed by atoms with Crippen LogP contribution in [0.5, 0.6) is 0 Å². The van der Waals surface area contributed by atoms with Crippen molar-refractivity contribution in [1.29, 1.82) is 5.26 Å². The Bertz CT molecular complexity index is 114. The summed E-state index contributed by atoms with van der Waals surface area (Å²) < 4.78 is 33.7. The van der Waals surface area contributed by atoms with Crippen LogP contribution < -0.4 is 0 Å². The van der Waals surface area contributed by atoms with Crippen molar-refractivity contribution in [3.8, 4) is 6.07 Å². The molecule has 5 heteroatoms. The van der Waals surface area contributed by atoms with Crippen LogP contribution in [0.4, 0.5) is 13.2 Å². The van der Waals surface area contributed by atoms with E-state index < -0.39 is 11.9 Å². The SMILES string of the molecule is N#CCSCC(F)(F)F. The third-order valence-corrected chi connectivity index (χ3v) is 1.30. The number of rotatable bonds is 2. The summed E-state index contributed by atoms with van der Waals surface area (Å²) >= 11 is 0.574. The molecule has 9 heavy (non-hydrogen) atoms. The molecule has 0 aromatic heterocycles. The molecule has 1 nitrogen and oxygen atoms in total. The van der Waals surface area contributed by atoms with Gasteiger partial charge < -0.3 is 0 Å². The molecular formula is C4H4F3NS. The van der Waals surface area contributed by atoms with Crippen LogP contribution in [0.3, 0.4) is 0 Å². The fourth-order valence-corrected chi connectivity index (χ4v) is 0.637. The second kappa shape index (κ2) is 3.62. The maximum atomic E-state index is 11.2. The molecule has 0 bridgehead atoms. The highest BCUT2D eigenvalue weighted by Gasteiger charge is 2.26. The van der Waals surface area contributed by atoms with Crippen LogP contribution in [0.15, 0.2) is 0 Å². The fraction of sp³-hybridized carbons (Fsp3) is 0.750. The maximum absolute atomic E-state index is 11.2. The van der Waals surface area contributed by atoms with Crippen molar-refractivity contribution < 1.29 is 13.2 Å². The van der Waals surface area contributed by atoms with E-state index in [4.69, 9.17) is 5.26 Å². The number of hydrogen-bond acceptors (Lipinski definition) is 2. The van der Waals surface area contributed by atoms with Crippen LogP contribution in [0.2, 0.25) is 0 Å². The summed E-state index contributed by atoms with van der Waals surface area (Å²) in [6, 6.07) is 1.60. The lowest BCUT2D eigenvalue weighted by Gasteiger charge is -2.01. The molecule has 0 amide bonds. The summed E-state index contributed by atoms with van der Waals surface area (Å²) in [5.74, 6) is -1.03. The van der Waals surface area contributed by atoms with Crippen LogP contribution in [0.25, 0.3) is 0 Å². The number of alkyl halides is 3. The fourth-order valence-electron chi connectivity index (χ4n) is 0.212. The van der Waals surface area contributed by atoms with Crippen molar-refractivity contribution >= 4 is 11.8 Å². The van der Waals surface area contributed by atoms with Crippen molar-refractivity contribution in [1.82, 2.24) is 0 Å². The van der Waals surface area contributed by atoms with Gasteiger partial charge in [0.05, 0.1) is 17.6 Å². The zero-order valence-electron chi connectivity index (χ0n) is 4.40. The van der Waals surface area contributed by atoms with Crippen molar-refractivity contribution in [3.05, 3.63) is 0 Å². The van der Waals surface area contributed by atoms with E-state index in [0.29, 0.717) is 11.8 Å². The highest BCUT2D eigenvalue weighted by atomic mass is 32.2. The van der Waals surface area contributed by atoms with Gasteiger partial charge in [-0.2, -0.15) is 18.4 Å². The van der Waals surface area contributed by atoms with Crippen molar-refractivity contribution in [3.63, 3.8) is 0 Å². The topological polar surface area (TPSA) is 23.8 Å². The van der Waals surface area contributed by atoms with Gasteiger partial charge in [0, 0.05) is 0 Å². The van der Waals surface area contributed by atoms with Crippen LogP contribution in [-0.2, 0) is 0 Å². The first-order chi connectivity index (χ1) is 4.06. The molecule has 52 valence electrons. The van der Waals surface area contributed by atoms with E-state index in [-0.39, 0.29) is 5.75 Å². The highest BCUT2D eigenvalue weighted by molar-refractivity contribution is 7.99. The second-order valence-electron chi connectivity index (χ2n) is 1.27. The third-order valence-electron chi connectivity index (χ3n) is 0.432. The lowest BCUT2D eigenvalue weighted by molar-refractivity contribution is -0.105. The lowest BCUT2D eigenvalue weighted by atomic mass is 10.8. The predicted octanol–water partition coefficient (Wildman–Crippen LogP) is 1.81. The molecule has 0 aliphatic carbocycles. The Balaban J connectivity index is 3.20. The second-order valence-corrected chi connectivity index (χ2v) is 2.25. The van der Waals surface area contributed by atoms with E-state index in [9.17, 15) is 13.2 Å². The summed E-state index contributed by atoms with van der Waals surface area (Å²) in [5.41, 5.74) is 0. The van der Waals surface area contributed by atoms with Crippen molar-refractivity contribution in [2.75, 3.05) is 11.5 Å². The van der Waals surface area contributed by atoms with Crippen molar-refractivity contribution in [2.24, 2.45) is 0 Å². The summed E-state index contributed by atoms with van der Waals surface area (Å²) in [5, 5.41) is 7.82. The minimum Gasteiger partial charge on any atom is -0.197 e. The van der Waals surface area contributed by atoms with Gasteiger partial charge in [-0.1, -0.05) is 0 Å². The molecule has 0 heterocycles. The van der Waals surface area contributed by atoms with Gasteiger partial charge in [0.1, 0.15) is 0 Å². The first kappa shape index (κ1) is 8.63. The first-order valence-corrected chi connectivity index (χ1v) is 3.23. The summed E-state index contributed by atoms with van der Waals surface area (Å²) in [6.07, 6.45) is -4.14. The van der Waals surface area contributed by atoms with Gasteiger partial charge in [0.15, 0.2) is 0 Å². The molecule has 0 radical (unpaired) electrons. The maximum Gasteiger partial charge on any atom is 0.397 e. The minimum absolute atomic E-state index is 0.0977. The van der Waals surface area contributed by atoms with Gasteiger partial charge in [0.2, 0.25) is 0 Å². The monoisotopic (exact) mass is 155 g/mol. The molecule has 0 saturated carbocycles. The average molecular weight is 155 g/mol. The van der Waals surface area contributed by atoms with Crippen LogP contribution >= 0.6 is 11.8 Å². The number of nitriles is 1. The van der Waals surface area contributed by atoms with Gasteiger partial charge >= 0.3 is 6.18 Å². The van der Waals surface area contributed by atoms with E-state index in [2.05, 4.69) is 0 Å². The Morgan fingerprint density at radius 1 is 1.44 bits per heavy atom. The number of hydrogen-bond donors (Lipinski definition) is 0. The Hall–Kier alpha value is -0.370. The molecule has 0 spiro atoms. The molecule has 0 aliphatic heterocycles. The molecule has 0 fully saturated rings. The molecule has 0 aromatic carbocycles. The molecule has 0 aliphatic rings. The summed E-state index contributed by atoms with van der Waals surface area (Å²) in [6.45, 7) is 0. The average Bonchev–Trinajstić information content (AvgIpc) is 1.63. The lowest BCUT2D eigenvalue weighted by Crippen LogP contribution is -2.10. The van der Waals surface area contributed by atoms with Crippen molar-refractivity contribution in [2.45, 2.75) is 6.18 Å². The highest BCUT2D eigenvalue weighted by Crippen LogP contribution is 2.20. The predicted molar refractivity (Wildman–Crippen MR) is 29.0 cm³/mol. The van der Waals surface area contributed by atoms with Gasteiger partial charge in [0.25, 0.3) is 0 Å². The molecular weight excluding hydrogens is 151 g/mol. The van der Waals surface area contributed by atoms with E-state index in [1.165, 1.54) is 0 Å². The first-order valence-electron chi connectivity index (χ1n) is 2.08. The van der Waals surface area contributed by atoms with E-state index in [1.807, 2.05) is 0 Å². The zero-order valence-corrected chi connectivity index (χ0v) is 5.22. The van der Waals surface area contributed by atoms with Gasteiger partial charge in [-0.05, 0) is 0 Å². The minimum atomic E-state index is -4.14. The molecule has 0 N–H and O–H groups in total. The Morgan fingerprint density at radius 2 is 2.00 bits per heavy atom. The Labute approximate surface area is 54.8 Å². The largest absolute Gasteiger partial charge is 0.397 e. The summed E-state index contributed by atoms with van der Waals surface area (Å²) in [7, 11) is 0. The van der Waals surface area contributed by atoms with E-state index >= 15 is 0 Å². The molecule has 0 unspecified atom stereocenters. The third kappa shape index (κ3) is 7.63. The molecule has 0 atom stereocenters. The molecule has 0 aromatic rings.